The number of hydrogen-bond acceptors (Lipinski definition) is 5. The summed E-state index contributed by atoms with van der Waals surface area (Å²) in [6, 6.07) is 0.486. The summed E-state index contributed by atoms with van der Waals surface area (Å²) >= 11 is 1.52. The van der Waals surface area contributed by atoms with Crippen LogP contribution in [-0.4, -0.2) is 33.2 Å². The van der Waals surface area contributed by atoms with Crippen LogP contribution in [0.2, 0.25) is 0 Å². The molecule has 0 spiro atoms. The van der Waals surface area contributed by atoms with Gasteiger partial charge < -0.3 is 10.0 Å². The van der Waals surface area contributed by atoms with Crippen molar-refractivity contribution >= 4 is 16.7 Å². The fourth-order valence-corrected chi connectivity index (χ4v) is 4.23. The highest BCUT2D eigenvalue weighted by Crippen LogP contribution is 2.38. The number of hydrogen-bond donors (Lipinski definition) is 1. The molecule has 1 aliphatic heterocycles. The van der Waals surface area contributed by atoms with Gasteiger partial charge in [0.2, 0.25) is 5.13 Å². The second kappa shape index (κ2) is 5.13. The van der Waals surface area contributed by atoms with Crippen LogP contribution in [0, 0.1) is 5.92 Å². The third-order valence-corrected chi connectivity index (χ3v) is 5.14. The van der Waals surface area contributed by atoms with Gasteiger partial charge in [-0.3, -0.25) is 0 Å². The molecule has 1 aromatic rings. The van der Waals surface area contributed by atoms with Crippen LogP contribution in [0.1, 0.15) is 44.9 Å². The minimum absolute atomic E-state index is 0.103. The van der Waals surface area contributed by atoms with Gasteiger partial charge in [0.1, 0.15) is 5.82 Å². The van der Waals surface area contributed by atoms with Gasteiger partial charge >= 0.3 is 0 Å². The molecule has 0 unspecified atom stereocenters. The Labute approximate surface area is 112 Å². The molecular formula is C13H21N3OS. The predicted molar refractivity (Wildman–Crippen MR) is 73.0 cm³/mol. The topological polar surface area (TPSA) is 49.2 Å². The normalized spacial score (nSPS) is 32.3. The quantitative estimate of drug-likeness (QED) is 0.912. The van der Waals surface area contributed by atoms with Crippen molar-refractivity contribution in [3.05, 3.63) is 5.82 Å². The van der Waals surface area contributed by atoms with E-state index < -0.39 is 0 Å². The molecule has 0 amide bonds. The third-order valence-electron chi connectivity index (χ3n) is 4.34. The molecule has 1 aliphatic carbocycles. The Bertz CT molecular complexity index is 409. The summed E-state index contributed by atoms with van der Waals surface area (Å²) in [7, 11) is 0. The summed E-state index contributed by atoms with van der Waals surface area (Å²) in [4.78, 5) is 7.01. The lowest BCUT2D eigenvalue weighted by atomic mass is 9.94. The zero-order valence-electron chi connectivity index (χ0n) is 10.9. The predicted octanol–water partition coefficient (Wildman–Crippen LogP) is 2.23. The van der Waals surface area contributed by atoms with Crippen molar-refractivity contribution in [2.45, 2.75) is 57.6 Å². The van der Waals surface area contributed by atoms with E-state index in [0.717, 1.165) is 30.3 Å². The highest BCUT2D eigenvalue weighted by Gasteiger charge is 2.39. The van der Waals surface area contributed by atoms with Crippen molar-refractivity contribution < 1.29 is 5.11 Å². The monoisotopic (exact) mass is 267 g/mol. The van der Waals surface area contributed by atoms with Crippen LogP contribution in [0.5, 0.6) is 0 Å². The van der Waals surface area contributed by atoms with Gasteiger partial charge in [-0.2, -0.15) is 4.37 Å². The maximum absolute atomic E-state index is 10.1. The SMILES string of the molecule is CCc1nsc(N2CCC[C@@H]2[C@H]2CCC[C@@H]2O)n1. The standard InChI is InChI=1S/C13H21N3OS/c1-2-12-14-13(18-15-12)16-8-4-6-10(16)9-5-3-7-11(9)17/h9-11,17H,2-8H2,1H3/t9-,10-,11+/m1/s1. The van der Waals surface area contributed by atoms with Crippen molar-refractivity contribution in [3.63, 3.8) is 0 Å². The summed E-state index contributed by atoms with van der Waals surface area (Å²) < 4.78 is 4.39. The molecule has 3 atom stereocenters. The van der Waals surface area contributed by atoms with Gasteiger partial charge in [-0.25, -0.2) is 4.98 Å². The molecule has 18 heavy (non-hydrogen) atoms. The zero-order valence-corrected chi connectivity index (χ0v) is 11.7. The van der Waals surface area contributed by atoms with Crippen LogP contribution in [0.4, 0.5) is 5.13 Å². The smallest absolute Gasteiger partial charge is 0.205 e. The van der Waals surface area contributed by atoms with E-state index in [1.54, 1.807) is 0 Å². The lowest BCUT2D eigenvalue weighted by Gasteiger charge is -2.30. The number of rotatable bonds is 3. The van der Waals surface area contributed by atoms with Crippen LogP contribution in [0.3, 0.4) is 0 Å². The first kappa shape index (κ1) is 12.4. The maximum atomic E-state index is 10.1. The Morgan fingerprint density at radius 3 is 2.89 bits per heavy atom. The second-order valence-corrected chi connectivity index (χ2v) is 6.14. The molecule has 5 heteroatoms. The molecule has 1 saturated carbocycles. The Hall–Kier alpha value is -0.680. The van der Waals surface area contributed by atoms with Crippen LogP contribution in [0.25, 0.3) is 0 Å². The van der Waals surface area contributed by atoms with E-state index in [0.29, 0.717) is 12.0 Å². The second-order valence-electron chi connectivity index (χ2n) is 5.41. The largest absolute Gasteiger partial charge is 0.393 e. The average Bonchev–Trinajstić information content (AvgIpc) is 3.06. The van der Waals surface area contributed by atoms with Crippen LogP contribution < -0.4 is 4.90 Å². The highest BCUT2D eigenvalue weighted by atomic mass is 32.1. The number of nitrogens with zero attached hydrogens (tertiary/aromatic N) is 3. The minimum atomic E-state index is -0.103. The number of aromatic nitrogens is 2. The molecule has 2 aliphatic rings. The summed E-state index contributed by atoms with van der Waals surface area (Å²) in [5.74, 6) is 1.40. The zero-order chi connectivity index (χ0) is 12.5. The van der Waals surface area contributed by atoms with Gasteiger partial charge in [0.15, 0.2) is 0 Å². The molecule has 4 nitrogen and oxygen atoms in total. The molecule has 2 fully saturated rings. The first-order valence-electron chi connectivity index (χ1n) is 7.07. The first-order valence-corrected chi connectivity index (χ1v) is 7.84. The highest BCUT2D eigenvalue weighted by molar-refractivity contribution is 7.09. The lowest BCUT2D eigenvalue weighted by molar-refractivity contribution is 0.119. The Balaban J connectivity index is 1.78. The van der Waals surface area contributed by atoms with Gasteiger partial charge in [0, 0.05) is 36.5 Å². The van der Waals surface area contributed by atoms with Crippen molar-refractivity contribution in [2.75, 3.05) is 11.4 Å². The molecule has 0 radical (unpaired) electrons. The summed E-state index contributed by atoms with van der Waals surface area (Å²) in [5, 5.41) is 11.2. The van der Waals surface area contributed by atoms with Gasteiger partial charge in [-0.05, 0) is 25.7 Å². The van der Waals surface area contributed by atoms with Gasteiger partial charge in [-0.1, -0.05) is 13.3 Å². The average molecular weight is 267 g/mol. The number of aliphatic hydroxyl groups excluding tert-OH is 1. The molecule has 1 saturated heterocycles. The van der Waals surface area contributed by atoms with Crippen molar-refractivity contribution in [1.29, 1.82) is 0 Å². The lowest BCUT2D eigenvalue weighted by Crippen LogP contribution is -2.38. The summed E-state index contributed by atoms with van der Waals surface area (Å²) in [5.41, 5.74) is 0. The number of anilines is 1. The number of aliphatic hydroxyl groups is 1. The molecule has 0 bridgehead atoms. The van der Waals surface area contributed by atoms with Gasteiger partial charge in [0.05, 0.1) is 6.10 Å². The molecule has 0 aromatic carbocycles. The first-order chi connectivity index (χ1) is 8.79. The molecule has 1 N–H and O–H groups in total. The molecule has 3 rings (SSSR count). The molecule has 100 valence electrons. The Morgan fingerprint density at radius 2 is 2.22 bits per heavy atom. The number of aryl methyl sites for hydroxylation is 1. The summed E-state index contributed by atoms with van der Waals surface area (Å²) in [6.07, 6.45) is 6.53. The van der Waals surface area contributed by atoms with E-state index in [2.05, 4.69) is 21.2 Å². The van der Waals surface area contributed by atoms with Crippen molar-refractivity contribution in [1.82, 2.24) is 9.36 Å². The Kier molecular flexibility index (Phi) is 3.52. The van der Waals surface area contributed by atoms with E-state index in [-0.39, 0.29) is 6.10 Å². The van der Waals surface area contributed by atoms with Crippen molar-refractivity contribution in [2.24, 2.45) is 5.92 Å². The maximum Gasteiger partial charge on any atom is 0.205 e. The van der Waals surface area contributed by atoms with Crippen LogP contribution >= 0.6 is 11.5 Å². The fraction of sp³-hybridized carbons (Fsp3) is 0.846. The van der Waals surface area contributed by atoms with Crippen LogP contribution in [0.15, 0.2) is 0 Å². The van der Waals surface area contributed by atoms with E-state index in [4.69, 9.17) is 0 Å². The van der Waals surface area contributed by atoms with E-state index >= 15 is 0 Å². The van der Waals surface area contributed by atoms with Crippen LogP contribution in [-0.2, 0) is 6.42 Å². The van der Waals surface area contributed by atoms with E-state index in [9.17, 15) is 5.11 Å². The third kappa shape index (κ3) is 2.14. The van der Waals surface area contributed by atoms with Gasteiger partial charge in [0.25, 0.3) is 0 Å². The van der Waals surface area contributed by atoms with Crippen molar-refractivity contribution in [3.8, 4) is 0 Å². The minimum Gasteiger partial charge on any atom is -0.393 e. The van der Waals surface area contributed by atoms with E-state index in [1.165, 1.54) is 37.2 Å². The molecular weight excluding hydrogens is 246 g/mol. The summed E-state index contributed by atoms with van der Waals surface area (Å²) in [6.45, 7) is 3.17. The Morgan fingerprint density at radius 1 is 1.33 bits per heavy atom. The van der Waals surface area contributed by atoms with Gasteiger partial charge in [-0.15, -0.1) is 0 Å². The fourth-order valence-electron chi connectivity index (χ4n) is 3.40. The molecule has 1 aromatic heterocycles. The van der Waals surface area contributed by atoms with E-state index in [1.807, 2.05) is 0 Å². The molecule has 2 heterocycles.